The minimum atomic E-state index is -0.691. The molecule has 0 fully saturated rings. The van der Waals surface area contributed by atoms with E-state index < -0.39 is 16.8 Å². The Bertz CT molecular complexity index is 571. The zero-order valence-electron chi connectivity index (χ0n) is 11.3. The summed E-state index contributed by atoms with van der Waals surface area (Å²) in [5.41, 5.74) is -0.879. The second-order valence-corrected chi connectivity index (χ2v) is 5.10. The van der Waals surface area contributed by atoms with Gasteiger partial charge in [-0.3, -0.25) is 14.6 Å². The summed E-state index contributed by atoms with van der Waals surface area (Å²) >= 11 is 0. The van der Waals surface area contributed by atoms with E-state index in [1.165, 1.54) is 0 Å². The first kappa shape index (κ1) is 15.2. The number of hydrogen-bond acceptors (Lipinski definition) is 4. The van der Waals surface area contributed by atoms with Gasteiger partial charge in [-0.1, -0.05) is 0 Å². The molecule has 0 saturated carbocycles. The molecule has 0 aliphatic heterocycles. The van der Waals surface area contributed by atoms with E-state index >= 15 is 0 Å². The summed E-state index contributed by atoms with van der Waals surface area (Å²) in [5.74, 6) is -0.260. The molecule has 1 aromatic heterocycles. The standard InChI is InChI=1S/C12H19N3O4/c1-7-8(10(18)14-11(19)13-7)4-5-9(17)15-12(2,3)6-16/h16H,4-6H2,1-3H3,(H,15,17)(H2,13,14,18,19). The normalized spacial score (nSPS) is 11.4. The molecule has 19 heavy (non-hydrogen) atoms. The number of carbonyl (C=O) groups excluding carboxylic acids is 1. The first-order chi connectivity index (χ1) is 8.75. The number of H-pyrrole nitrogens is 2. The molecule has 0 aliphatic carbocycles. The number of nitrogens with one attached hydrogen (secondary N) is 3. The van der Waals surface area contributed by atoms with Crippen molar-refractivity contribution in [1.29, 1.82) is 0 Å². The van der Waals surface area contributed by atoms with Crippen molar-refractivity contribution >= 4 is 5.91 Å². The summed E-state index contributed by atoms with van der Waals surface area (Å²) in [6.45, 7) is 4.84. The summed E-state index contributed by atoms with van der Waals surface area (Å²) in [7, 11) is 0. The maximum Gasteiger partial charge on any atom is 0.325 e. The number of aliphatic hydroxyl groups excluding tert-OH is 1. The molecule has 4 N–H and O–H groups in total. The van der Waals surface area contributed by atoms with Crippen LogP contribution < -0.4 is 16.6 Å². The van der Waals surface area contributed by atoms with Crippen molar-refractivity contribution in [3.05, 3.63) is 32.1 Å². The van der Waals surface area contributed by atoms with Gasteiger partial charge >= 0.3 is 5.69 Å². The Morgan fingerprint density at radius 1 is 1.32 bits per heavy atom. The number of amides is 1. The van der Waals surface area contributed by atoms with E-state index in [2.05, 4.69) is 15.3 Å². The van der Waals surface area contributed by atoms with Crippen molar-refractivity contribution in [1.82, 2.24) is 15.3 Å². The maximum atomic E-state index is 11.7. The fraction of sp³-hybridized carbons (Fsp3) is 0.583. The van der Waals surface area contributed by atoms with Crippen molar-refractivity contribution in [2.45, 2.75) is 39.2 Å². The SMILES string of the molecule is Cc1[nH]c(=O)[nH]c(=O)c1CCC(=O)NC(C)(C)CO. The first-order valence-electron chi connectivity index (χ1n) is 5.99. The number of hydrogen-bond donors (Lipinski definition) is 4. The van der Waals surface area contributed by atoms with Gasteiger partial charge in [-0.2, -0.15) is 0 Å². The molecule has 1 amide bonds. The molecule has 7 heteroatoms. The molecule has 1 aromatic rings. The van der Waals surface area contributed by atoms with Crippen LogP contribution in [0.2, 0.25) is 0 Å². The van der Waals surface area contributed by atoms with Crippen LogP contribution in [0.5, 0.6) is 0 Å². The van der Waals surface area contributed by atoms with Gasteiger partial charge in [-0.15, -0.1) is 0 Å². The number of carbonyl (C=O) groups is 1. The topological polar surface area (TPSA) is 115 Å². The van der Waals surface area contributed by atoms with Gasteiger partial charge in [-0.05, 0) is 27.2 Å². The predicted molar refractivity (Wildman–Crippen MR) is 70.0 cm³/mol. The number of aliphatic hydroxyl groups is 1. The fourth-order valence-electron chi connectivity index (χ4n) is 1.64. The van der Waals surface area contributed by atoms with E-state index in [0.29, 0.717) is 11.3 Å². The predicted octanol–water partition coefficient (Wildman–Crippen LogP) is -0.809. The Hall–Kier alpha value is -1.89. The molecule has 0 aromatic carbocycles. The Labute approximate surface area is 110 Å². The lowest BCUT2D eigenvalue weighted by Crippen LogP contribution is -2.46. The molecule has 106 valence electrons. The Morgan fingerprint density at radius 2 is 1.95 bits per heavy atom. The van der Waals surface area contributed by atoms with Crippen LogP contribution in [0.3, 0.4) is 0 Å². The van der Waals surface area contributed by atoms with Crippen molar-refractivity contribution in [3.8, 4) is 0 Å². The second-order valence-electron chi connectivity index (χ2n) is 5.10. The molecule has 0 aliphatic rings. The molecule has 1 heterocycles. The molecular weight excluding hydrogens is 250 g/mol. The van der Waals surface area contributed by atoms with Crippen LogP contribution in [-0.4, -0.2) is 33.1 Å². The lowest BCUT2D eigenvalue weighted by atomic mass is 10.1. The molecule has 0 bridgehead atoms. The van der Waals surface area contributed by atoms with Crippen LogP contribution in [0.1, 0.15) is 31.5 Å². The molecule has 1 rings (SSSR count). The van der Waals surface area contributed by atoms with Gasteiger partial charge < -0.3 is 15.4 Å². The summed E-state index contributed by atoms with van der Waals surface area (Å²) in [6.07, 6.45) is 0.338. The maximum absolute atomic E-state index is 11.7. The first-order valence-corrected chi connectivity index (χ1v) is 5.99. The van der Waals surface area contributed by atoms with Gasteiger partial charge in [0.25, 0.3) is 5.56 Å². The van der Waals surface area contributed by atoms with Crippen LogP contribution in [0.4, 0.5) is 0 Å². The molecule has 0 spiro atoms. The summed E-state index contributed by atoms with van der Waals surface area (Å²) < 4.78 is 0. The number of aryl methyl sites for hydroxylation is 1. The van der Waals surface area contributed by atoms with E-state index in [4.69, 9.17) is 5.11 Å². The largest absolute Gasteiger partial charge is 0.394 e. The van der Waals surface area contributed by atoms with E-state index in [9.17, 15) is 14.4 Å². The van der Waals surface area contributed by atoms with Gasteiger partial charge in [0, 0.05) is 17.7 Å². The summed E-state index contributed by atoms with van der Waals surface area (Å²) in [4.78, 5) is 38.9. The van der Waals surface area contributed by atoms with Crippen molar-refractivity contribution in [2.24, 2.45) is 0 Å². The number of aromatic nitrogens is 2. The highest BCUT2D eigenvalue weighted by Crippen LogP contribution is 2.03. The highest BCUT2D eigenvalue weighted by Gasteiger charge is 2.19. The lowest BCUT2D eigenvalue weighted by molar-refractivity contribution is -0.123. The average molecular weight is 269 g/mol. The molecule has 0 saturated heterocycles. The van der Waals surface area contributed by atoms with E-state index in [0.717, 1.165) is 0 Å². The van der Waals surface area contributed by atoms with Crippen LogP contribution in [0, 0.1) is 6.92 Å². The van der Waals surface area contributed by atoms with Gasteiger partial charge in [-0.25, -0.2) is 4.79 Å². The zero-order valence-corrected chi connectivity index (χ0v) is 11.3. The Kier molecular flexibility index (Phi) is 4.66. The third-order valence-corrected chi connectivity index (χ3v) is 2.73. The highest BCUT2D eigenvalue weighted by molar-refractivity contribution is 5.77. The van der Waals surface area contributed by atoms with Crippen molar-refractivity contribution in [3.63, 3.8) is 0 Å². The van der Waals surface area contributed by atoms with Crippen LogP contribution in [-0.2, 0) is 11.2 Å². The van der Waals surface area contributed by atoms with Crippen LogP contribution >= 0.6 is 0 Å². The molecule has 7 nitrogen and oxygen atoms in total. The fourth-order valence-corrected chi connectivity index (χ4v) is 1.64. The highest BCUT2D eigenvalue weighted by atomic mass is 16.3. The minimum Gasteiger partial charge on any atom is -0.394 e. The quantitative estimate of drug-likeness (QED) is 0.559. The average Bonchev–Trinajstić information content (AvgIpc) is 2.26. The second kappa shape index (κ2) is 5.83. The van der Waals surface area contributed by atoms with Gasteiger partial charge in [0.1, 0.15) is 0 Å². The Morgan fingerprint density at radius 3 is 2.47 bits per heavy atom. The van der Waals surface area contributed by atoms with E-state index in [-0.39, 0.29) is 25.4 Å². The van der Waals surface area contributed by atoms with Crippen molar-refractivity contribution in [2.75, 3.05) is 6.61 Å². The van der Waals surface area contributed by atoms with Crippen molar-refractivity contribution < 1.29 is 9.90 Å². The van der Waals surface area contributed by atoms with Crippen LogP contribution in [0.25, 0.3) is 0 Å². The number of rotatable bonds is 5. The van der Waals surface area contributed by atoms with E-state index in [1.807, 2.05) is 0 Å². The smallest absolute Gasteiger partial charge is 0.325 e. The zero-order chi connectivity index (χ0) is 14.6. The molecule has 0 atom stereocenters. The molecular formula is C12H19N3O4. The minimum absolute atomic E-state index is 0.111. The van der Waals surface area contributed by atoms with Gasteiger partial charge in [0.05, 0.1) is 12.1 Å². The van der Waals surface area contributed by atoms with Crippen LogP contribution in [0.15, 0.2) is 9.59 Å². The Balaban J connectivity index is 2.71. The monoisotopic (exact) mass is 269 g/mol. The lowest BCUT2D eigenvalue weighted by Gasteiger charge is -2.23. The van der Waals surface area contributed by atoms with Gasteiger partial charge in [0.2, 0.25) is 5.91 Å². The summed E-state index contributed by atoms with van der Waals surface area (Å²) in [5, 5.41) is 11.7. The molecule has 0 radical (unpaired) electrons. The molecule has 0 unspecified atom stereocenters. The summed E-state index contributed by atoms with van der Waals surface area (Å²) in [6, 6.07) is 0. The van der Waals surface area contributed by atoms with Gasteiger partial charge in [0.15, 0.2) is 0 Å². The van der Waals surface area contributed by atoms with E-state index in [1.54, 1.807) is 20.8 Å². The third-order valence-electron chi connectivity index (χ3n) is 2.73. The third kappa shape index (κ3) is 4.36. The number of aromatic amines is 2.